The first-order valence-corrected chi connectivity index (χ1v) is 6.52. The number of rotatable bonds is 3. The van der Waals surface area contributed by atoms with Crippen molar-refractivity contribution in [1.29, 1.82) is 0 Å². The molecule has 1 fully saturated rings. The van der Waals surface area contributed by atoms with E-state index in [4.69, 9.17) is 0 Å². The molecule has 1 atom stereocenters. The van der Waals surface area contributed by atoms with Gasteiger partial charge in [0.1, 0.15) is 11.6 Å². The Labute approximate surface area is 111 Å². The van der Waals surface area contributed by atoms with E-state index in [0.29, 0.717) is 6.54 Å². The average Bonchev–Trinajstić information content (AvgIpc) is 2.40. The Balaban J connectivity index is 1.94. The van der Waals surface area contributed by atoms with E-state index >= 15 is 0 Å². The van der Waals surface area contributed by atoms with Gasteiger partial charge in [-0.05, 0) is 37.1 Å². The molecule has 0 aromatic heterocycles. The average molecular weight is 268 g/mol. The number of nitrogens with one attached hydrogen (secondary N) is 1. The summed E-state index contributed by atoms with van der Waals surface area (Å²) in [5, 5.41) is 3.21. The van der Waals surface area contributed by atoms with Gasteiger partial charge < -0.3 is 10.2 Å². The molecular formula is C14H18F2N2O. The highest BCUT2D eigenvalue weighted by Gasteiger charge is 2.22. The van der Waals surface area contributed by atoms with Crippen LogP contribution in [-0.4, -0.2) is 36.5 Å². The summed E-state index contributed by atoms with van der Waals surface area (Å²) in [7, 11) is 0. The van der Waals surface area contributed by atoms with Crippen LogP contribution in [0.1, 0.15) is 18.9 Å². The molecule has 1 aromatic carbocycles. The van der Waals surface area contributed by atoms with Crippen molar-refractivity contribution >= 4 is 5.91 Å². The zero-order valence-corrected chi connectivity index (χ0v) is 11.0. The molecule has 1 aliphatic heterocycles. The number of amides is 1. The van der Waals surface area contributed by atoms with Gasteiger partial charge in [0.05, 0.1) is 0 Å². The number of carbonyl (C=O) groups is 1. The summed E-state index contributed by atoms with van der Waals surface area (Å²) in [5.74, 6) is -0.931. The smallest absolute Gasteiger partial charge is 0.223 e. The topological polar surface area (TPSA) is 32.3 Å². The molecule has 5 heteroatoms. The minimum absolute atomic E-state index is 0.00217. The van der Waals surface area contributed by atoms with Crippen molar-refractivity contribution in [1.82, 2.24) is 10.2 Å². The molecule has 1 aliphatic rings. The molecule has 0 bridgehead atoms. The highest BCUT2D eigenvalue weighted by atomic mass is 19.1. The molecule has 2 rings (SSSR count). The third kappa shape index (κ3) is 3.50. The molecule has 0 radical (unpaired) electrons. The van der Waals surface area contributed by atoms with E-state index < -0.39 is 11.6 Å². The van der Waals surface area contributed by atoms with Gasteiger partial charge >= 0.3 is 0 Å². The van der Waals surface area contributed by atoms with Crippen molar-refractivity contribution < 1.29 is 13.6 Å². The van der Waals surface area contributed by atoms with Crippen molar-refractivity contribution in [2.75, 3.05) is 19.6 Å². The summed E-state index contributed by atoms with van der Waals surface area (Å²) in [6, 6.07) is 3.49. The number of aryl methyl sites for hydroxylation is 1. The molecule has 104 valence electrons. The Morgan fingerprint density at radius 3 is 3.00 bits per heavy atom. The van der Waals surface area contributed by atoms with Gasteiger partial charge in [-0.2, -0.15) is 0 Å². The van der Waals surface area contributed by atoms with Crippen LogP contribution in [0, 0.1) is 11.6 Å². The fourth-order valence-corrected chi connectivity index (χ4v) is 2.33. The fourth-order valence-electron chi connectivity index (χ4n) is 2.33. The fraction of sp³-hybridized carbons (Fsp3) is 0.500. The molecule has 0 aliphatic carbocycles. The largest absolute Gasteiger partial charge is 0.337 e. The Morgan fingerprint density at radius 2 is 2.26 bits per heavy atom. The summed E-state index contributed by atoms with van der Waals surface area (Å²) in [6.07, 6.45) is 0.448. The van der Waals surface area contributed by atoms with Crippen LogP contribution in [0.2, 0.25) is 0 Å². The molecule has 0 saturated carbocycles. The molecule has 1 aromatic rings. The van der Waals surface area contributed by atoms with Crippen molar-refractivity contribution in [2.45, 2.75) is 25.8 Å². The first kappa shape index (κ1) is 13.9. The summed E-state index contributed by atoms with van der Waals surface area (Å²) in [5.41, 5.74) is 0.260. The third-order valence-electron chi connectivity index (χ3n) is 3.44. The van der Waals surface area contributed by atoms with Gasteiger partial charge in [-0.1, -0.05) is 0 Å². The lowest BCUT2D eigenvalue weighted by Gasteiger charge is -2.34. The van der Waals surface area contributed by atoms with Gasteiger partial charge in [-0.3, -0.25) is 4.79 Å². The van der Waals surface area contributed by atoms with E-state index in [1.807, 2.05) is 6.92 Å². The van der Waals surface area contributed by atoms with Crippen LogP contribution < -0.4 is 5.32 Å². The molecule has 1 amide bonds. The van der Waals surface area contributed by atoms with Gasteiger partial charge in [0.2, 0.25) is 5.91 Å². The van der Waals surface area contributed by atoms with E-state index in [-0.39, 0.29) is 30.4 Å². The van der Waals surface area contributed by atoms with Crippen LogP contribution in [-0.2, 0) is 11.2 Å². The first-order valence-electron chi connectivity index (χ1n) is 6.52. The second-order valence-corrected chi connectivity index (χ2v) is 4.88. The number of hydrogen-bond donors (Lipinski definition) is 1. The molecule has 1 saturated heterocycles. The SMILES string of the molecule is C[C@@H]1CNCCN1C(=O)CCc1cc(F)ccc1F. The van der Waals surface area contributed by atoms with E-state index in [1.165, 1.54) is 0 Å². The van der Waals surface area contributed by atoms with E-state index in [0.717, 1.165) is 31.3 Å². The number of halogens is 2. The number of hydrogen-bond acceptors (Lipinski definition) is 2. The Bertz CT molecular complexity index is 465. The van der Waals surface area contributed by atoms with Gasteiger partial charge in [0.15, 0.2) is 0 Å². The molecule has 19 heavy (non-hydrogen) atoms. The first-order chi connectivity index (χ1) is 9.08. The lowest BCUT2D eigenvalue weighted by atomic mass is 10.1. The maximum atomic E-state index is 13.4. The van der Waals surface area contributed by atoms with Crippen LogP contribution in [0.3, 0.4) is 0 Å². The summed E-state index contributed by atoms with van der Waals surface area (Å²) >= 11 is 0. The molecule has 3 nitrogen and oxygen atoms in total. The van der Waals surface area contributed by atoms with E-state index in [9.17, 15) is 13.6 Å². The summed E-state index contributed by atoms with van der Waals surface area (Å²) < 4.78 is 26.5. The van der Waals surface area contributed by atoms with Crippen LogP contribution in [0.4, 0.5) is 8.78 Å². The van der Waals surface area contributed by atoms with Crippen LogP contribution >= 0.6 is 0 Å². The summed E-state index contributed by atoms with van der Waals surface area (Å²) in [6.45, 7) is 4.21. The van der Waals surface area contributed by atoms with Crippen molar-refractivity contribution in [2.24, 2.45) is 0 Å². The molecule has 1 N–H and O–H groups in total. The highest BCUT2D eigenvalue weighted by Crippen LogP contribution is 2.13. The van der Waals surface area contributed by atoms with Gasteiger partial charge in [-0.15, -0.1) is 0 Å². The molecular weight excluding hydrogens is 250 g/mol. The molecule has 0 spiro atoms. The zero-order valence-electron chi connectivity index (χ0n) is 11.0. The molecule has 1 heterocycles. The minimum atomic E-state index is -0.473. The lowest BCUT2D eigenvalue weighted by Crippen LogP contribution is -2.52. The van der Waals surface area contributed by atoms with Crippen molar-refractivity contribution in [3.05, 3.63) is 35.4 Å². The van der Waals surface area contributed by atoms with Crippen LogP contribution in [0.5, 0.6) is 0 Å². The summed E-state index contributed by atoms with van der Waals surface area (Å²) in [4.78, 5) is 13.9. The van der Waals surface area contributed by atoms with Gasteiger partial charge in [0.25, 0.3) is 0 Å². The maximum absolute atomic E-state index is 13.4. The highest BCUT2D eigenvalue weighted by molar-refractivity contribution is 5.77. The van der Waals surface area contributed by atoms with Crippen LogP contribution in [0.25, 0.3) is 0 Å². The third-order valence-corrected chi connectivity index (χ3v) is 3.44. The molecule has 0 unspecified atom stereocenters. The van der Waals surface area contributed by atoms with Gasteiger partial charge in [0, 0.05) is 32.1 Å². The van der Waals surface area contributed by atoms with Gasteiger partial charge in [-0.25, -0.2) is 8.78 Å². The minimum Gasteiger partial charge on any atom is -0.337 e. The lowest BCUT2D eigenvalue weighted by molar-refractivity contribution is -0.133. The maximum Gasteiger partial charge on any atom is 0.223 e. The normalized spacial score (nSPS) is 19.5. The second kappa shape index (κ2) is 6.10. The number of nitrogens with zero attached hydrogens (tertiary/aromatic N) is 1. The number of carbonyl (C=O) groups excluding carboxylic acids is 1. The van der Waals surface area contributed by atoms with E-state index in [2.05, 4.69) is 5.32 Å². The van der Waals surface area contributed by atoms with E-state index in [1.54, 1.807) is 4.90 Å². The second-order valence-electron chi connectivity index (χ2n) is 4.88. The van der Waals surface area contributed by atoms with Crippen molar-refractivity contribution in [3.8, 4) is 0 Å². The number of benzene rings is 1. The predicted molar refractivity (Wildman–Crippen MR) is 68.7 cm³/mol. The van der Waals surface area contributed by atoms with Crippen LogP contribution in [0.15, 0.2) is 18.2 Å². The Morgan fingerprint density at radius 1 is 1.47 bits per heavy atom. The predicted octanol–water partition coefficient (Wildman–Crippen LogP) is 1.72. The number of piperazine rings is 1. The standard InChI is InChI=1S/C14H18F2N2O/c1-10-9-17-6-7-18(10)14(19)5-2-11-8-12(15)3-4-13(11)16/h3-4,8,10,17H,2,5-7,9H2,1H3/t10-/m1/s1. The zero-order chi connectivity index (χ0) is 13.8. The monoisotopic (exact) mass is 268 g/mol. The van der Waals surface area contributed by atoms with Crippen molar-refractivity contribution in [3.63, 3.8) is 0 Å². The Kier molecular flexibility index (Phi) is 4.47. The Hall–Kier alpha value is -1.49. The quantitative estimate of drug-likeness (QED) is 0.905.